The first-order valence-electron chi connectivity index (χ1n) is 8.45. The molecule has 3 aromatic rings. The molecule has 0 spiro atoms. The van der Waals surface area contributed by atoms with Crippen molar-refractivity contribution in [2.24, 2.45) is 0 Å². The van der Waals surface area contributed by atoms with Crippen molar-refractivity contribution in [2.45, 2.75) is 6.42 Å². The highest BCUT2D eigenvalue weighted by Crippen LogP contribution is 2.38. The summed E-state index contributed by atoms with van der Waals surface area (Å²) in [6.45, 7) is 0.820. The first-order chi connectivity index (χ1) is 13.1. The van der Waals surface area contributed by atoms with E-state index in [0.717, 1.165) is 41.3 Å². The number of anilines is 1. The number of hydrogen-bond acceptors (Lipinski definition) is 6. The molecule has 0 saturated carbocycles. The molecule has 138 valence electrons. The molecule has 0 aliphatic carbocycles. The lowest BCUT2D eigenvalue weighted by atomic mass is 10.1. The van der Waals surface area contributed by atoms with Gasteiger partial charge in [-0.2, -0.15) is 5.10 Å². The number of nitrogens with one attached hydrogen (secondary N) is 1. The van der Waals surface area contributed by atoms with E-state index in [-0.39, 0.29) is 5.69 Å². The summed E-state index contributed by atoms with van der Waals surface area (Å²) in [5, 5.41) is 19.0. The van der Waals surface area contributed by atoms with Gasteiger partial charge in [0.1, 0.15) is 5.82 Å². The van der Waals surface area contributed by atoms with Crippen molar-refractivity contribution in [1.29, 1.82) is 0 Å². The molecule has 1 aromatic heterocycles. The van der Waals surface area contributed by atoms with Gasteiger partial charge in [-0.25, -0.2) is 4.68 Å². The molecular formula is C19H18N4O4. The molecule has 2 heterocycles. The topological polar surface area (TPSA) is 91.5 Å². The second kappa shape index (κ2) is 6.64. The van der Waals surface area contributed by atoms with Crippen LogP contribution in [0.15, 0.2) is 42.5 Å². The number of methoxy groups -OCH3 is 2. The lowest BCUT2D eigenvalue weighted by Gasteiger charge is -2.09. The van der Waals surface area contributed by atoms with Gasteiger partial charge in [0.25, 0.3) is 5.69 Å². The molecule has 0 saturated heterocycles. The molecule has 0 radical (unpaired) electrons. The number of nitro groups is 1. The van der Waals surface area contributed by atoms with Gasteiger partial charge in [0.2, 0.25) is 0 Å². The molecule has 4 rings (SSSR count). The van der Waals surface area contributed by atoms with E-state index in [4.69, 9.17) is 14.6 Å². The highest BCUT2D eigenvalue weighted by Gasteiger charge is 2.24. The van der Waals surface area contributed by atoms with E-state index < -0.39 is 4.92 Å². The van der Waals surface area contributed by atoms with Gasteiger partial charge in [0, 0.05) is 29.8 Å². The summed E-state index contributed by atoms with van der Waals surface area (Å²) in [7, 11) is 3.20. The summed E-state index contributed by atoms with van der Waals surface area (Å²) < 4.78 is 12.5. The van der Waals surface area contributed by atoms with Crippen LogP contribution in [0.5, 0.6) is 11.5 Å². The predicted octanol–water partition coefficient (Wildman–Crippen LogP) is 3.43. The monoisotopic (exact) mass is 366 g/mol. The van der Waals surface area contributed by atoms with Gasteiger partial charge in [-0.05, 0) is 36.8 Å². The Kier molecular flexibility index (Phi) is 4.15. The lowest BCUT2D eigenvalue weighted by Crippen LogP contribution is -2.04. The number of nitro benzene ring substituents is 1. The van der Waals surface area contributed by atoms with Crippen molar-refractivity contribution in [2.75, 3.05) is 26.1 Å². The van der Waals surface area contributed by atoms with E-state index in [1.807, 2.05) is 18.2 Å². The van der Waals surface area contributed by atoms with Crippen LogP contribution in [-0.2, 0) is 6.42 Å². The van der Waals surface area contributed by atoms with Crippen LogP contribution in [0.1, 0.15) is 5.56 Å². The molecule has 8 nitrogen and oxygen atoms in total. The van der Waals surface area contributed by atoms with Crippen molar-refractivity contribution in [3.05, 3.63) is 58.1 Å². The van der Waals surface area contributed by atoms with Crippen LogP contribution >= 0.6 is 0 Å². The van der Waals surface area contributed by atoms with Crippen molar-refractivity contribution >= 4 is 11.5 Å². The molecule has 1 aliphatic rings. The molecule has 0 bridgehead atoms. The third-order valence-corrected chi connectivity index (χ3v) is 4.61. The van der Waals surface area contributed by atoms with Crippen molar-refractivity contribution in [1.82, 2.24) is 9.78 Å². The van der Waals surface area contributed by atoms with Crippen molar-refractivity contribution < 1.29 is 14.4 Å². The molecule has 8 heteroatoms. The quantitative estimate of drug-likeness (QED) is 0.549. The van der Waals surface area contributed by atoms with E-state index in [1.54, 1.807) is 31.0 Å². The number of rotatable bonds is 5. The zero-order valence-corrected chi connectivity index (χ0v) is 14.9. The molecule has 2 aromatic carbocycles. The van der Waals surface area contributed by atoms with Gasteiger partial charge in [-0.15, -0.1) is 0 Å². The zero-order chi connectivity index (χ0) is 19.0. The number of ether oxygens (including phenoxy) is 2. The molecule has 1 aliphatic heterocycles. The normalized spacial score (nSPS) is 12.4. The fourth-order valence-corrected chi connectivity index (χ4v) is 3.29. The molecule has 27 heavy (non-hydrogen) atoms. The molecule has 0 fully saturated rings. The van der Waals surface area contributed by atoms with Crippen molar-refractivity contribution in [3.63, 3.8) is 0 Å². The molecule has 1 N–H and O–H groups in total. The minimum atomic E-state index is -0.412. The minimum Gasteiger partial charge on any atom is -0.493 e. The largest absolute Gasteiger partial charge is 0.493 e. The first kappa shape index (κ1) is 16.9. The van der Waals surface area contributed by atoms with Crippen LogP contribution < -0.4 is 14.8 Å². The number of hydrogen-bond donors (Lipinski definition) is 1. The first-order valence-corrected chi connectivity index (χ1v) is 8.45. The minimum absolute atomic E-state index is 0.0515. The second-order valence-corrected chi connectivity index (χ2v) is 6.11. The average Bonchev–Trinajstić information content (AvgIpc) is 3.30. The van der Waals surface area contributed by atoms with Crippen LogP contribution in [0.25, 0.3) is 16.9 Å². The number of aromatic nitrogens is 2. The Hall–Kier alpha value is -3.55. The van der Waals surface area contributed by atoms with Gasteiger partial charge in [-0.3, -0.25) is 10.1 Å². The standard InChI is InChI=1S/C19H18N4O4/c1-26-16-8-3-12(11-17(16)27-2)18-15-9-10-20-19(15)22(21-18)13-4-6-14(7-5-13)23(24)25/h3-8,11,20H,9-10H2,1-2H3. The molecule has 0 atom stereocenters. The Morgan fingerprint density at radius 3 is 2.52 bits per heavy atom. The van der Waals surface area contributed by atoms with E-state index in [2.05, 4.69) is 5.32 Å². The van der Waals surface area contributed by atoms with E-state index in [1.165, 1.54) is 12.1 Å². The van der Waals surface area contributed by atoms with Crippen LogP contribution in [0, 0.1) is 10.1 Å². The predicted molar refractivity (Wildman–Crippen MR) is 101 cm³/mol. The highest BCUT2D eigenvalue weighted by atomic mass is 16.6. The van der Waals surface area contributed by atoms with E-state index >= 15 is 0 Å². The maximum Gasteiger partial charge on any atom is 0.269 e. The second-order valence-electron chi connectivity index (χ2n) is 6.11. The van der Waals surface area contributed by atoms with Crippen LogP contribution in [-0.4, -0.2) is 35.5 Å². The average molecular weight is 366 g/mol. The third-order valence-electron chi connectivity index (χ3n) is 4.61. The Morgan fingerprint density at radius 2 is 1.85 bits per heavy atom. The highest BCUT2D eigenvalue weighted by molar-refractivity contribution is 5.74. The Labute approximate surface area is 155 Å². The van der Waals surface area contributed by atoms with E-state index in [9.17, 15) is 10.1 Å². The lowest BCUT2D eigenvalue weighted by molar-refractivity contribution is -0.384. The number of fused-ring (bicyclic) bond motifs is 1. The van der Waals surface area contributed by atoms with Gasteiger partial charge in [-0.1, -0.05) is 0 Å². The summed E-state index contributed by atoms with van der Waals surface area (Å²) >= 11 is 0. The summed E-state index contributed by atoms with van der Waals surface area (Å²) in [4.78, 5) is 10.5. The maximum absolute atomic E-state index is 10.9. The summed E-state index contributed by atoms with van der Waals surface area (Å²) in [6, 6.07) is 12.1. The summed E-state index contributed by atoms with van der Waals surface area (Å²) in [5.74, 6) is 2.21. The Balaban J connectivity index is 1.80. The Morgan fingerprint density at radius 1 is 1.11 bits per heavy atom. The third kappa shape index (κ3) is 2.84. The maximum atomic E-state index is 10.9. The van der Waals surface area contributed by atoms with Gasteiger partial charge in [0.05, 0.1) is 30.5 Å². The summed E-state index contributed by atoms with van der Waals surface area (Å²) in [5.41, 5.74) is 3.71. The fraction of sp³-hybridized carbons (Fsp3) is 0.211. The molecular weight excluding hydrogens is 348 g/mol. The number of benzene rings is 2. The van der Waals surface area contributed by atoms with Crippen LogP contribution in [0.3, 0.4) is 0 Å². The van der Waals surface area contributed by atoms with Gasteiger partial charge >= 0.3 is 0 Å². The SMILES string of the molecule is COc1ccc(-c2nn(-c3ccc([N+](=O)[O-])cc3)c3c2CCN3)cc1OC. The van der Waals surface area contributed by atoms with Crippen molar-refractivity contribution in [3.8, 4) is 28.4 Å². The van der Waals surface area contributed by atoms with Crippen LogP contribution in [0.4, 0.5) is 11.5 Å². The van der Waals surface area contributed by atoms with Gasteiger partial charge < -0.3 is 14.8 Å². The van der Waals surface area contributed by atoms with E-state index in [0.29, 0.717) is 11.5 Å². The zero-order valence-electron chi connectivity index (χ0n) is 14.9. The van der Waals surface area contributed by atoms with Gasteiger partial charge in [0.15, 0.2) is 11.5 Å². The Bertz CT molecular complexity index is 1010. The fourth-order valence-electron chi connectivity index (χ4n) is 3.29. The van der Waals surface area contributed by atoms with Crippen LogP contribution in [0.2, 0.25) is 0 Å². The number of non-ortho nitro benzene ring substituents is 1. The smallest absolute Gasteiger partial charge is 0.269 e. The molecule has 0 unspecified atom stereocenters. The summed E-state index contributed by atoms with van der Waals surface area (Å²) in [6.07, 6.45) is 0.853. The molecule has 0 amide bonds. The number of nitrogens with zero attached hydrogens (tertiary/aromatic N) is 3.